The second kappa shape index (κ2) is 4.12. The van der Waals surface area contributed by atoms with Crippen LogP contribution in [0.4, 0.5) is 8.78 Å². The molecule has 18 heavy (non-hydrogen) atoms. The lowest BCUT2D eigenvalue weighted by molar-refractivity contribution is 0.0935. The van der Waals surface area contributed by atoms with E-state index in [-0.39, 0.29) is 22.7 Å². The number of piperidine rings is 1. The highest BCUT2D eigenvalue weighted by Crippen LogP contribution is 2.59. The van der Waals surface area contributed by atoms with E-state index in [9.17, 15) is 13.6 Å². The second-order valence-electron chi connectivity index (χ2n) is 5.33. The molecule has 96 valence electrons. The lowest BCUT2D eigenvalue weighted by Crippen LogP contribution is -2.30. The van der Waals surface area contributed by atoms with E-state index < -0.39 is 11.6 Å². The van der Waals surface area contributed by atoms with Gasteiger partial charge in [-0.2, -0.15) is 0 Å². The second-order valence-corrected chi connectivity index (χ2v) is 5.33. The first-order chi connectivity index (χ1) is 8.64. The molecule has 1 saturated carbocycles. The summed E-state index contributed by atoms with van der Waals surface area (Å²) < 4.78 is 26.7. The number of halogens is 2. The van der Waals surface area contributed by atoms with Gasteiger partial charge in [0.15, 0.2) is 17.4 Å². The van der Waals surface area contributed by atoms with Gasteiger partial charge in [0.2, 0.25) is 0 Å². The van der Waals surface area contributed by atoms with Gasteiger partial charge in [-0.3, -0.25) is 4.79 Å². The van der Waals surface area contributed by atoms with Crippen LogP contribution in [0.25, 0.3) is 0 Å². The van der Waals surface area contributed by atoms with Crippen LogP contribution in [-0.2, 0) is 0 Å². The Kier molecular flexibility index (Phi) is 2.70. The van der Waals surface area contributed by atoms with Crippen molar-refractivity contribution in [2.45, 2.75) is 19.3 Å². The maximum Gasteiger partial charge on any atom is 0.169 e. The molecule has 0 bridgehead atoms. The predicted molar refractivity (Wildman–Crippen MR) is 63.3 cm³/mol. The lowest BCUT2D eigenvalue weighted by Gasteiger charge is -2.23. The van der Waals surface area contributed by atoms with Crippen molar-refractivity contribution in [2.24, 2.45) is 11.3 Å². The van der Waals surface area contributed by atoms with Gasteiger partial charge in [0, 0.05) is 5.92 Å². The summed E-state index contributed by atoms with van der Waals surface area (Å²) in [6.45, 7) is 1.82. The number of benzene rings is 1. The fourth-order valence-corrected chi connectivity index (χ4v) is 3.08. The lowest BCUT2D eigenvalue weighted by atomic mass is 9.89. The quantitative estimate of drug-likeness (QED) is 0.818. The van der Waals surface area contributed by atoms with Gasteiger partial charge < -0.3 is 5.32 Å². The summed E-state index contributed by atoms with van der Waals surface area (Å²) in [6.07, 6.45) is 2.74. The van der Waals surface area contributed by atoms with E-state index >= 15 is 0 Å². The highest BCUT2D eigenvalue weighted by molar-refractivity contribution is 6.00. The van der Waals surface area contributed by atoms with Gasteiger partial charge in [0.25, 0.3) is 0 Å². The Morgan fingerprint density at radius 1 is 1.28 bits per heavy atom. The summed E-state index contributed by atoms with van der Waals surface area (Å²) in [6, 6.07) is 3.82. The van der Waals surface area contributed by atoms with Crippen molar-refractivity contribution < 1.29 is 13.6 Å². The number of nitrogens with one attached hydrogen (secondary N) is 1. The van der Waals surface area contributed by atoms with Crippen molar-refractivity contribution in [3.63, 3.8) is 0 Å². The third-order valence-electron chi connectivity index (χ3n) is 4.32. The molecule has 1 aromatic rings. The van der Waals surface area contributed by atoms with Crippen LogP contribution in [0.5, 0.6) is 0 Å². The van der Waals surface area contributed by atoms with Gasteiger partial charge in [-0.15, -0.1) is 0 Å². The zero-order chi connectivity index (χ0) is 12.8. The molecule has 0 radical (unpaired) electrons. The molecule has 1 N–H and O–H groups in total. The molecule has 1 aliphatic heterocycles. The molecule has 1 saturated heterocycles. The van der Waals surface area contributed by atoms with Crippen LogP contribution >= 0.6 is 0 Å². The van der Waals surface area contributed by atoms with Gasteiger partial charge in [-0.25, -0.2) is 8.78 Å². The monoisotopic (exact) mass is 251 g/mol. The molecule has 4 heteroatoms. The maximum absolute atomic E-state index is 13.6. The van der Waals surface area contributed by atoms with Crippen LogP contribution in [0.15, 0.2) is 18.2 Å². The van der Waals surface area contributed by atoms with Crippen molar-refractivity contribution in [1.82, 2.24) is 5.32 Å². The minimum absolute atomic E-state index is 0.0566. The standard InChI is InChI=1S/C14H15F2NO/c15-11-3-1-2-9(12(11)16)13(18)10-8-14(10)4-6-17-7-5-14/h1-3,10,17H,4-8H2. The van der Waals surface area contributed by atoms with Crippen LogP contribution in [0.3, 0.4) is 0 Å². The number of hydrogen-bond donors (Lipinski definition) is 1. The SMILES string of the molecule is O=C(c1cccc(F)c1F)C1CC12CCNCC2. The van der Waals surface area contributed by atoms with Crippen molar-refractivity contribution in [3.05, 3.63) is 35.4 Å². The van der Waals surface area contributed by atoms with Gasteiger partial charge >= 0.3 is 0 Å². The molecule has 2 nitrogen and oxygen atoms in total. The summed E-state index contributed by atoms with van der Waals surface area (Å²) in [4.78, 5) is 12.2. The zero-order valence-corrected chi connectivity index (χ0v) is 10.0. The molecule has 3 rings (SSSR count). The molecule has 1 aromatic carbocycles. The third kappa shape index (κ3) is 1.75. The number of hydrogen-bond acceptors (Lipinski definition) is 2. The first-order valence-corrected chi connectivity index (χ1v) is 6.33. The number of rotatable bonds is 2. The molecule has 1 heterocycles. The zero-order valence-electron chi connectivity index (χ0n) is 10.0. The van der Waals surface area contributed by atoms with E-state index in [1.54, 1.807) is 0 Å². The number of ketones is 1. The Bertz CT molecular complexity index is 495. The van der Waals surface area contributed by atoms with Crippen molar-refractivity contribution >= 4 is 5.78 Å². The fourth-order valence-electron chi connectivity index (χ4n) is 3.08. The molecule has 1 unspecified atom stereocenters. The molecule has 0 amide bonds. The van der Waals surface area contributed by atoms with Crippen LogP contribution in [0, 0.1) is 23.0 Å². The summed E-state index contributed by atoms with van der Waals surface area (Å²) >= 11 is 0. The molecule has 1 aliphatic carbocycles. The summed E-state index contributed by atoms with van der Waals surface area (Å²) in [5.74, 6) is -2.29. The Hall–Kier alpha value is -1.29. The van der Waals surface area contributed by atoms with E-state index in [0.29, 0.717) is 0 Å². The number of Topliss-reactive ketones (excluding diaryl/α,β-unsaturated/α-hetero) is 1. The van der Waals surface area contributed by atoms with Gasteiger partial charge in [-0.05, 0) is 49.9 Å². The van der Waals surface area contributed by atoms with Gasteiger partial charge in [0.05, 0.1) is 5.56 Å². The molecule has 2 aliphatic rings. The van der Waals surface area contributed by atoms with E-state index in [0.717, 1.165) is 38.4 Å². The van der Waals surface area contributed by atoms with Crippen LogP contribution in [0.2, 0.25) is 0 Å². The first-order valence-electron chi connectivity index (χ1n) is 6.33. The van der Waals surface area contributed by atoms with Gasteiger partial charge in [0.1, 0.15) is 0 Å². The van der Waals surface area contributed by atoms with E-state index in [2.05, 4.69) is 5.32 Å². The van der Waals surface area contributed by atoms with E-state index in [1.165, 1.54) is 12.1 Å². The van der Waals surface area contributed by atoms with Gasteiger partial charge in [-0.1, -0.05) is 6.07 Å². The van der Waals surface area contributed by atoms with Crippen LogP contribution in [-0.4, -0.2) is 18.9 Å². The summed E-state index contributed by atoms with van der Waals surface area (Å²) in [7, 11) is 0. The smallest absolute Gasteiger partial charge is 0.169 e. The Morgan fingerprint density at radius 2 is 2.00 bits per heavy atom. The first kappa shape index (κ1) is 11.8. The highest BCUT2D eigenvalue weighted by atomic mass is 19.2. The topological polar surface area (TPSA) is 29.1 Å². The van der Waals surface area contributed by atoms with Crippen molar-refractivity contribution in [1.29, 1.82) is 0 Å². The largest absolute Gasteiger partial charge is 0.317 e. The molecular weight excluding hydrogens is 236 g/mol. The molecule has 0 aromatic heterocycles. The Morgan fingerprint density at radius 3 is 2.72 bits per heavy atom. The number of carbonyl (C=O) groups excluding carboxylic acids is 1. The van der Waals surface area contributed by atoms with E-state index in [4.69, 9.17) is 0 Å². The van der Waals surface area contributed by atoms with Crippen molar-refractivity contribution in [3.8, 4) is 0 Å². The van der Waals surface area contributed by atoms with Crippen LogP contribution in [0.1, 0.15) is 29.6 Å². The van der Waals surface area contributed by atoms with Crippen LogP contribution < -0.4 is 5.32 Å². The fraction of sp³-hybridized carbons (Fsp3) is 0.500. The maximum atomic E-state index is 13.6. The predicted octanol–water partition coefficient (Wildman–Crippen LogP) is 2.54. The normalized spacial score (nSPS) is 25.1. The Balaban J connectivity index is 1.82. The van der Waals surface area contributed by atoms with Crippen molar-refractivity contribution in [2.75, 3.05) is 13.1 Å². The minimum atomic E-state index is -1.00. The molecule has 1 atom stereocenters. The molecule has 2 fully saturated rings. The Labute approximate surface area is 104 Å². The highest BCUT2D eigenvalue weighted by Gasteiger charge is 2.57. The minimum Gasteiger partial charge on any atom is -0.317 e. The number of carbonyl (C=O) groups is 1. The average molecular weight is 251 g/mol. The third-order valence-corrected chi connectivity index (χ3v) is 4.32. The van der Waals surface area contributed by atoms with E-state index in [1.807, 2.05) is 0 Å². The molecule has 1 spiro atoms. The average Bonchev–Trinajstić information content (AvgIpc) is 3.06. The summed E-state index contributed by atoms with van der Waals surface area (Å²) in [5, 5.41) is 3.25. The molecular formula is C14H15F2NO. The summed E-state index contributed by atoms with van der Waals surface area (Å²) in [5.41, 5.74) is -0.0309.